The zero-order chi connectivity index (χ0) is 18.6. The highest BCUT2D eigenvalue weighted by molar-refractivity contribution is 7.91. The third-order valence-electron chi connectivity index (χ3n) is 4.49. The molecule has 1 heterocycles. The Labute approximate surface area is 157 Å². The number of nitrogens with zero attached hydrogens (tertiary/aromatic N) is 1. The molecule has 1 aromatic carbocycles. The Morgan fingerprint density at radius 2 is 1.88 bits per heavy atom. The van der Waals surface area contributed by atoms with Gasteiger partial charge in [-0.3, -0.25) is 4.79 Å². The molecule has 1 amide bonds. The Morgan fingerprint density at radius 1 is 1.15 bits per heavy atom. The Bertz CT molecular complexity index is 941. The number of nitrogens with one attached hydrogen (secondary N) is 1. The Kier molecular flexibility index (Phi) is 5.74. The summed E-state index contributed by atoms with van der Waals surface area (Å²) < 4.78 is 24.6. The average molecular weight is 389 g/mol. The lowest BCUT2D eigenvalue weighted by molar-refractivity contribution is -0.115. The predicted molar refractivity (Wildman–Crippen MR) is 102 cm³/mol. The molecule has 1 aliphatic carbocycles. The summed E-state index contributed by atoms with van der Waals surface area (Å²) in [5.41, 5.74) is 1.60. The molecule has 0 fully saturated rings. The minimum absolute atomic E-state index is 0.134. The molecule has 0 unspecified atom stereocenters. The van der Waals surface area contributed by atoms with Gasteiger partial charge in [0.15, 0.2) is 9.84 Å². The summed E-state index contributed by atoms with van der Waals surface area (Å²) in [4.78, 5) is 13.6. The Balaban J connectivity index is 1.68. The number of benzene rings is 1. The van der Waals surface area contributed by atoms with Crippen molar-refractivity contribution in [2.75, 3.05) is 11.1 Å². The Morgan fingerprint density at radius 3 is 2.62 bits per heavy atom. The number of amides is 1. The molecule has 5 nitrogen and oxygen atoms in total. The molecule has 136 valence electrons. The van der Waals surface area contributed by atoms with Gasteiger partial charge in [0.25, 0.3) is 0 Å². The molecule has 2 aromatic rings. The molecule has 0 saturated carbocycles. The zero-order valence-corrected chi connectivity index (χ0v) is 16.0. The van der Waals surface area contributed by atoms with Gasteiger partial charge < -0.3 is 5.32 Å². The van der Waals surface area contributed by atoms with Gasteiger partial charge in [0.2, 0.25) is 5.91 Å². The van der Waals surface area contributed by atoms with Crippen LogP contribution in [0.2, 0.25) is 0 Å². The van der Waals surface area contributed by atoms with E-state index in [9.17, 15) is 18.5 Å². The first-order chi connectivity index (χ1) is 12.5. The number of aryl methyl sites for hydroxylation is 1. The zero-order valence-electron chi connectivity index (χ0n) is 14.3. The van der Waals surface area contributed by atoms with Gasteiger partial charge in [0.1, 0.15) is 11.1 Å². The third kappa shape index (κ3) is 4.14. The van der Waals surface area contributed by atoms with Gasteiger partial charge in [-0.2, -0.15) is 5.26 Å². The largest absolute Gasteiger partial charge is 0.317 e. The maximum absolute atomic E-state index is 12.3. The second kappa shape index (κ2) is 8.02. The van der Waals surface area contributed by atoms with Gasteiger partial charge in [0.05, 0.1) is 16.2 Å². The summed E-state index contributed by atoms with van der Waals surface area (Å²) in [5, 5.41) is 12.8. The number of hydrogen-bond donors (Lipinski definition) is 1. The van der Waals surface area contributed by atoms with Crippen molar-refractivity contribution in [2.24, 2.45) is 0 Å². The molecule has 26 heavy (non-hydrogen) atoms. The molecule has 7 heteroatoms. The number of thiophene rings is 1. The van der Waals surface area contributed by atoms with Crippen LogP contribution in [-0.4, -0.2) is 20.1 Å². The summed E-state index contributed by atoms with van der Waals surface area (Å²) in [6, 6.07) is 10.3. The number of sulfone groups is 1. The van der Waals surface area contributed by atoms with Crippen LogP contribution < -0.4 is 5.32 Å². The first-order valence-corrected chi connectivity index (χ1v) is 11.1. The van der Waals surface area contributed by atoms with Crippen LogP contribution in [0.15, 0.2) is 35.2 Å². The second-order valence-corrected chi connectivity index (χ2v) is 9.52. The maximum Gasteiger partial charge on any atom is 0.226 e. The average Bonchev–Trinajstić information content (AvgIpc) is 2.80. The van der Waals surface area contributed by atoms with E-state index in [-0.39, 0.29) is 23.0 Å². The van der Waals surface area contributed by atoms with Crippen LogP contribution in [0.5, 0.6) is 0 Å². The van der Waals surface area contributed by atoms with Gasteiger partial charge in [-0.1, -0.05) is 24.6 Å². The molecular formula is C19H20N2O3S2. The topological polar surface area (TPSA) is 87.0 Å². The van der Waals surface area contributed by atoms with Gasteiger partial charge >= 0.3 is 0 Å². The van der Waals surface area contributed by atoms with Crippen molar-refractivity contribution in [1.82, 2.24) is 0 Å². The standard InChI is InChI=1S/C19H20N2O3S2/c20-13-16-15-9-5-2-6-10-17(15)25-19(16)21-18(22)11-12-26(23,24)14-7-3-1-4-8-14/h1,3-4,7-8H,2,5-6,9-12H2,(H,21,22). The van der Waals surface area contributed by atoms with E-state index in [1.165, 1.54) is 28.3 Å². The van der Waals surface area contributed by atoms with Crippen LogP contribution in [-0.2, 0) is 27.5 Å². The third-order valence-corrected chi connectivity index (χ3v) is 7.43. The van der Waals surface area contributed by atoms with Crippen molar-refractivity contribution < 1.29 is 13.2 Å². The number of rotatable bonds is 5. The lowest BCUT2D eigenvalue weighted by Crippen LogP contribution is -2.17. The summed E-state index contributed by atoms with van der Waals surface area (Å²) in [6.07, 6.45) is 4.98. The van der Waals surface area contributed by atoms with Crippen LogP contribution in [0.4, 0.5) is 5.00 Å². The molecule has 0 atom stereocenters. The second-order valence-electron chi connectivity index (χ2n) is 6.31. The molecule has 0 spiro atoms. The summed E-state index contributed by atoms with van der Waals surface area (Å²) >= 11 is 1.45. The van der Waals surface area contributed by atoms with E-state index in [2.05, 4.69) is 11.4 Å². The number of carbonyl (C=O) groups excluding carboxylic acids is 1. The molecule has 1 aliphatic rings. The van der Waals surface area contributed by atoms with E-state index in [1.54, 1.807) is 18.2 Å². The van der Waals surface area contributed by atoms with Gasteiger partial charge in [-0.05, 0) is 43.4 Å². The van der Waals surface area contributed by atoms with Crippen molar-refractivity contribution >= 4 is 32.1 Å². The Hall–Kier alpha value is -2.17. The first-order valence-electron chi connectivity index (χ1n) is 8.63. The molecule has 0 aliphatic heterocycles. The number of carbonyl (C=O) groups is 1. The van der Waals surface area contributed by atoms with Crippen molar-refractivity contribution in [3.05, 3.63) is 46.3 Å². The lowest BCUT2D eigenvalue weighted by atomic mass is 10.1. The van der Waals surface area contributed by atoms with Crippen molar-refractivity contribution in [3.8, 4) is 6.07 Å². The SMILES string of the molecule is N#Cc1c(NC(=O)CCS(=O)(=O)c2ccccc2)sc2c1CCCCC2. The molecule has 1 aromatic heterocycles. The highest BCUT2D eigenvalue weighted by Crippen LogP contribution is 2.37. The monoisotopic (exact) mass is 388 g/mol. The minimum Gasteiger partial charge on any atom is -0.317 e. The number of fused-ring (bicyclic) bond motifs is 1. The lowest BCUT2D eigenvalue weighted by Gasteiger charge is -2.06. The van der Waals surface area contributed by atoms with Crippen LogP contribution in [0.1, 0.15) is 41.7 Å². The smallest absolute Gasteiger partial charge is 0.226 e. The molecule has 1 N–H and O–H groups in total. The molecule has 0 saturated heterocycles. The molecular weight excluding hydrogens is 368 g/mol. The van der Waals surface area contributed by atoms with E-state index in [0.29, 0.717) is 10.6 Å². The molecule has 3 rings (SSSR count). The number of anilines is 1. The fourth-order valence-corrected chi connectivity index (χ4v) is 5.63. The highest BCUT2D eigenvalue weighted by atomic mass is 32.2. The predicted octanol–water partition coefficient (Wildman–Crippen LogP) is 3.69. The first kappa shape index (κ1) is 18.6. The quantitative estimate of drug-likeness (QED) is 0.791. The van der Waals surface area contributed by atoms with Crippen molar-refractivity contribution in [3.63, 3.8) is 0 Å². The molecule has 0 bridgehead atoms. The number of nitriles is 1. The summed E-state index contributed by atoms with van der Waals surface area (Å²) in [5.74, 6) is -0.632. The van der Waals surface area contributed by atoms with E-state index >= 15 is 0 Å². The van der Waals surface area contributed by atoms with E-state index in [4.69, 9.17) is 0 Å². The fraction of sp³-hybridized carbons (Fsp3) is 0.368. The van der Waals surface area contributed by atoms with E-state index in [0.717, 1.165) is 37.7 Å². The highest BCUT2D eigenvalue weighted by Gasteiger charge is 2.22. The van der Waals surface area contributed by atoms with E-state index in [1.807, 2.05) is 0 Å². The number of hydrogen-bond acceptors (Lipinski definition) is 5. The van der Waals surface area contributed by atoms with Gasteiger partial charge in [-0.15, -0.1) is 11.3 Å². The normalized spacial score (nSPS) is 14.1. The van der Waals surface area contributed by atoms with Crippen LogP contribution in [0.3, 0.4) is 0 Å². The minimum atomic E-state index is -3.49. The van der Waals surface area contributed by atoms with Gasteiger partial charge in [0, 0.05) is 11.3 Å². The van der Waals surface area contributed by atoms with Crippen LogP contribution >= 0.6 is 11.3 Å². The van der Waals surface area contributed by atoms with Gasteiger partial charge in [-0.25, -0.2) is 8.42 Å². The van der Waals surface area contributed by atoms with Crippen LogP contribution in [0.25, 0.3) is 0 Å². The summed E-state index contributed by atoms with van der Waals surface area (Å²) in [6.45, 7) is 0. The maximum atomic E-state index is 12.3. The molecule has 0 radical (unpaired) electrons. The fourth-order valence-electron chi connectivity index (χ4n) is 3.11. The van der Waals surface area contributed by atoms with E-state index < -0.39 is 9.84 Å². The summed E-state index contributed by atoms with van der Waals surface area (Å²) in [7, 11) is -3.49. The van der Waals surface area contributed by atoms with Crippen LogP contribution in [0, 0.1) is 11.3 Å². The van der Waals surface area contributed by atoms with Crippen molar-refractivity contribution in [1.29, 1.82) is 5.26 Å². The van der Waals surface area contributed by atoms with Crippen molar-refractivity contribution in [2.45, 2.75) is 43.4 Å².